The lowest BCUT2D eigenvalue weighted by atomic mass is 9.96. The van der Waals surface area contributed by atoms with Crippen LogP contribution < -0.4 is 10.1 Å². The molecule has 0 aliphatic carbocycles. The van der Waals surface area contributed by atoms with E-state index < -0.39 is 0 Å². The molecule has 0 aliphatic rings. The van der Waals surface area contributed by atoms with Gasteiger partial charge in [0.05, 0.1) is 11.7 Å². The average Bonchev–Trinajstić information content (AvgIpc) is 2.83. The fraction of sp³-hybridized carbons (Fsp3) is 0.655. The number of benzene rings is 1. The van der Waals surface area contributed by atoms with Crippen LogP contribution in [0.3, 0.4) is 0 Å². The Morgan fingerprint density at radius 1 is 1.14 bits per heavy atom. The Labute approximate surface area is 224 Å². The van der Waals surface area contributed by atoms with E-state index >= 15 is 0 Å². The molecule has 0 heterocycles. The highest BCUT2D eigenvalue weighted by atomic mass is 32.2. The summed E-state index contributed by atoms with van der Waals surface area (Å²) < 4.78 is 6.07. The van der Waals surface area contributed by atoms with Gasteiger partial charge in [-0.2, -0.15) is 0 Å². The first-order valence-corrected chi connectivity index (χ1v) is 14.1. The summed E-state index contributed by atoms with van der Waals surface area (Å²) in [4.78, 5) is 21.2. The van der Waals surface area contributed by atoms with Crippen molar-refractivity contribution in [2.45, 2.75) is 71.6 Å². The summed E-state index contributed by atoms with van der Waals surface area (Å²) >= 11 is 1.67. The van der Waals surface area contributed by atoms with Gasteiger partial charge in [-0.25, -0.2) is 0 Å². The molecule has 0 fully saturated rings. The highest BCUT2D eigenvalue weighted by Crippen LogP contribution is 2.30. The Bertz CT molecular complexity index is 841. The first-order valence-electron chi connectivity index (χ1n) is 13.2. The maximum Gasteiger partial charge on any atom is 0.221 e. The zero-order valence-electron chi connectivity index (χ0n) is 24.0. The minimum absolute atomic E-state index is 0.0628. The van der Waals surface area contributed by atoms with Gasteiger partial charge < -0.3 is 15.0 Å². The van der Waals surface area contributed by atoms with Crippen LogP contribution in [0.25, 0.3) is 0 Å². The maximum absolute atomic E-state index is 12.1. The standard InChI is InChI=1S/C29H50N4O2S/c1-10-22(2)36-26(6)30-18-16-29(34)31-17-13-20-33(9)25(5)27-14-15-28(24(4)23(27)3)35-21-12-11-19-32(7)8/h10,14-15,22,25H,1,11-13,16-21H2,2-9H3,(H,31,34). The summed E-state index contributed by atoms with van der Waals surface area (Å²) in [6.07, 6.45) is 5.45. The fourth-order valence-corrected chi connectivity index (χ4v) is 4.68. The number of nitrogens with one attached hydrogen (secondary N) is 1. The van der Waals surface area contributed by atoms with Gasteiger partial charge in [0, 0.05) is 37.3 Å². The van der Waals surface area contributed by atoms with Crippen molar-refractivity contribution in [3.05, 3.63) is 41.5 Å². The zero-order valence-corrected chi connectivity index (χ0v) is 24.8. The van der Waals surface area contributed by atoms with E-state index in [4.69, 9.17) is 4.74 Å². The third kappa shape index (κ3) is 12.4. The Balaban J connectivity index is 2.41. The zero-order chi connectivity index (χ0) is 27.1. The van der Waals surface area contributed by atoms with Crippen LogP contribution >= 0.6 is 11.8 Å². The van der Waals surface area contributed by atoms with Gasteiger partial charge in [-0.05, 0) is 104 Å². The van der Waals surface area contributed by atoms with Gasteiger partial charge in [-0.15, -0.1) is 18.3 Å². The molecular formula is C29H50N4O2S. The van der Waals surface area contributed by atoms with Crippen LogP contribution in [0.1, 0.15) is 69.2 Å². The number of unbranched alkanes of at least 4 members (excludes halogenated alkanes) is 1. The number of rotatable bonds is 17. The molecule has 2 unspecified atom stereocenters. The third-order valence-electron chi connectivity index (χ3n) is 6.52. The number of thioether (sulfide) groups is 1. The van der Waals surface area contributed by atoms with Gasteiger partial charge in [-0.3, -0.25) is 14.7 Å². The first kappa shape index (κ1) is 32.2. The SMILES string of the molecule is C=CC(C)SC(C)=NCCC(=O)NCCCN(C)C(C)c1ccc(OCCCCN(C)C)c(C)c1C. The molecule has 36 heavy (non-hydrogen) atoms. The highest BCUT2D eigenvalue weighted by molar-refractivity contribution is 8.14. The Morgan fingerprint density at radius 2 is 1.86 bits per heavy atom. The molecule has 7 heteroatoms. The van der Waals surface area contributed by atoms with Crippen molar-refractivity contribution in [1.29, 1.82) is 0 Å². The molecule has 6 nitrogen and oxygen atoms in total. The molecule has 1 N–H and O–H groups in total. The van der Waals surface area contributed by atoms with E-state index in [9.17, 15) is 4.79 Å². The van der Waals surface area contributed by atoms with Gasteiger partial charge in [0.1, 0.15) is 5.75 Å². The molecule has 0 saturated heterocycles. The quantitative estimate of drug-likeness (QED) is 0.125. The van der Waals surface area contributed by atoms with Crippen LogP contribution in [-0.4, -0.2) is 79.9 Å². The van der Waals surface area contributed by atoms with Crippen LogP contribution in [0.15, 0.2) is 29.8 Å². The second-order valence-corrected chi connectivity index (χ2v) is 11.4. The van der Waals surface area contributed by atoms with Crippen LogP contribution in [0.2, 0.25) is 0 Å². The summed E-state index contributed by atoms with van der Waals surface area (Å²) in [5, 5.41) is 4.36. The lowest BCUT2D eigenvalue weighted by molar-refractivity contribution is -0.120. The van der Waals surface area contributed by atoms with E-state index in [1.807, 2.05) is 13.0 Å². The summed E-state index contributed by atoms with van der Waals surface area (Å²) in [5.41, 5.74) is 3.85. The van der Waals surface area contributed by atoms with Gasteiger partial charge in [0.25, 0.3) is 0 Å². The summed E-state index contributed by atoms with van der Waals surface area (Å²) in [5.74, 6) is 1.06. The molecule has 0 bridgehead atoms. The van der Waals surface area contributed by atoms with Crippen molar-refractivity contribution in [2.24, 2.45) is 4.99 Å². The molecule has 1 aromatic rings. The van der Waals surface area contributed by atoms with E-state index in [1.54, 1.807) is 11.8 Å². The maximum atomic E-state index is 12.1. The second-order valence-electron chi connectivity index (χ2n) is 9.83. The monoisotopic (exact) mass is 518 g/mol. The van der Waals surface area contributed by atoms with E-state index in [0.29, 0.717) is 30.8 Å². The predicted molar refractivity (Wildman–Crippen MR) is 158 cm³/mol. The Hall–Kier alpha value is -1.83. The molecule has 1 rings (SSSR count). The fourth-order valence-electron chi connectivity index (χ4n) is 3.88. The van der Waals surface area contributed by atoms with Gasteiger partial charge in [-0.1, -0.05) is 12.1 Å². The van der Waals surface area contributed by atoms with Gasteiger partial charge in [0.15, 0.2) is 0 Å². The molecular weight excluding hydrogens is 468 g/mol. The number of carbonyl (C=O) groups excluding carboxylic acids is 1. The minimum Gasteiger partial charge on any atom is -0.493 e. The third-order valence-corrected chi connectivity index (χ3v) is 7.55. The Kier molecular flexibility index (Phi) is 15.7. The second kappa shape index (κ2) is 17.6. The first-order chi connectivity index (χ1) is 17.1. The van der Waals surface area contributed by atoms with Crippen LogP contribution in [0, 0.1) is 13.8 Å². The topological polar surface area (TPSA) is 57.2 Å². The van der Waals surface area contributed by atoms with Crippen LogP contribution in [0.5, 0.6) is 5.75 Å². The van der Waals surface area contributed by atoms with Crippen molar-refractivity contribution in [3.8, 4) is 5.75 Å². The van der Waals surface area contributed by atoms with Crippen molar-refractivity contribution < 1.29 is 9.53 Å². The number of ether oxygens (including phenoxy) is 1. The smallest absolute Gasteiger partial charge is 0.221 e. The van der Waals surface area contributed by atoms with Crippen molar-refractivity contribution in [2.75, 3.05) is 53.9 Å². The van der Waals surface area contributed by atoms with E-state index in [2.05, 4.69) is 87.7 Å². The van der Waals surface area contributed by atoms with Gasteiger partial charge in [0.2, 0.25) is 5.91 Å². The summed E-state index contributed by atoms with van der Waals surface area (Å²) in [7, 11) is 6.36. The van der Waals surface area contributed by atoms with Crippen molar-refractivity contribution in [3.63, 3.8) is 0 Å². The molecule has 0 aromatic heterocycles. The number of nitrogens with zero attached hydrogens (tertiary/aromatic N) is 3. The number of carbonyl (C=O) groups is 1. The predicted octanol–water partition coefficient (Wildman–Crippen LogP) is 5.64. The van der Waals surface area contributed by atoms with Crippen LogP contribution in [0.4, 0.5) is 0 Å². The number of amides is 1. The van der Waals surface area contributed by atoms with E-state index in [0.717, 1.165) is 49.8 Å². The number of hydrogen-bond donors (Lipinski definition) is 1. The normalized spacial score (nSPS) is 13.7. The van der Waals surface area contributed by atoms with Crippen molar-refractivity contribution >= 4 is 22.7 Å². The molecule has 0 aliphatic heterocycles. The lowest BCUT2D eigenvalue weighted by Crippen LogP contribution is -2.30. The average molecular weight is 519 g/mol. The number of hydrogen-bond acceptors (Lipinski definition) is 6. The highest BCUT2D eigenvalue weighted by Gasteiger charge is 2.16. The molecule has 2 atom stereocenters. The van der Waals surface area contributed by atoms with Crippen LogP contribution in [-0.2, 0) is 4.79 Å². The number of aliphatic imine (C=N–C) groups is 1. The summed E-state index contributed by atoms with van der Waals surface area (Å²) in [6, 6.07) is 4.62. The molecule has 0 saturated carbocycles. The Morgan fingerprint density at radius 3 is 2.53 bits per heavy atom. The molecule has 204 valence electrons. The molecule has 1 aromatic carbocycles. The molecule has 0 radical (unpaired) electrons. The van der Waals surface area contributed by atoms with Crippen molar-refractivity contribution in [1.82, 2.24) is 15.1 Å². The minimum atomic E-state index is 0.0628. The molecule has 0 spiro atoms. The van der Waals surface area contributed by atoms with E-state index in [-0.39, 0.29) is 5.91 Å². The van der Waals surface area contributed by atoms with Gasteiger partial charge >= 0.3 is 0 Å². The summed E-state index contributed by atoms with van der Waals surface area (Å²) in [6.45, 7) is 18.4. The lowest BCUT2D eigenvalue weighted by Gasteiger charge is -2.27. The van der Waals surface area contributed by atoms with E-state index in [1.165, 1.54) is 16.7 Å². The largest absolute Gasteiger partial charge is 0.493 e. The molecule has 1 amide bonds.